The average Bonchev–Trinajstić information content (AvgIpc) is 1.63. The van der Waals surface area contributed by atoms with Crippen LogP contribution in [-0.2, 0) is 4.79 Å². The fourth-order valence-corrected chi connectivity index (χ4v) is 0.319. The zero-order valence-corrected chi connectivity index (χ0v) is 5.22. The van der Waals surface area contributed by atoms with E-state index in [1.165, 1.54) is 11.9 Å². The Kier molecular flexibility index (Phi) is 2.50. The van der Waals surface area contributed by atoms with Crippen molar-refractivity contribution in [2.24, 2.45) is 11.5 Å². The van der Waals surface area contributed by atoms with Crippen molar-refractivity contribution in [3.8, 4) is 0 Å². The highest BCUT2D eigenvalue weighted by Gasteiger charge is 2.01. The first-order valence-corrected chi connectivity index (χ1v) is 2.37. The Morgan fingerprint density at radius 2 is 2.11 bits per heavy atom. The van der Waals surface area contributed by atoms with Crippen LogP contribution in [0.25, 0.3) is 0 Å². The van der Waals surface area contributed by atoms with Gasteiger partial charge in [0.15, 0.2) is 5.96 Å². The maximum absolute atomic E-state index is 10.1. The second kappa shape index (κ2) is 2.91. The third-order valence-corrected chi connectivity index (χ3v) is 0.804. The third kappa shape index (κ3) is 3.33. The van der Waals surface area contributed by atoms with Gasteiger partial charge in [-0.3, -0.25) is 10.2 Å². The van der Waals surface area contributed by atoms with Crippen molar-refractivity contribution in [1.29, 1.82) is 5.41 Å². The number of rotatable bonds is 2. The largest absolute Gasteiger partial charge is 0.370 e. The molecular formula is C4H10N4O. The molecule has 0 radical (unpaired) electrons. The van der Waals surface area contributed by atoms with Crippen molar-refractivity contribution in [2.75, 3.05) is 13.6 Å². The molecule has 5 N–H and O–H groups in total. The quantitative estimate of drug-likeness (QED) is 0.307. The Labute approximate surface area is 53.1 Å². The van der Waals surface area contributed by atoms with Crippen LogP contribution in [0, 0.1) is 5.41 Å². The molecule has 0 bridgehead atoms. The highest BCUT2D eigenvalue weighted by Crippen LogP contribution is 1.75. The molecule has 0 aliphatic heterocycles. The predicted octanol–water partition coefficient (Wildman–Crippen LogP) is -1.70. The lowest BCUT2D eigenvalue weighted by Crippen LogP contribution is -2.39. The fraction of sp³-hybridized carbons (Fsp3) is 0.500. The van der Waals surface area contributed by atoms with E-state index in [4.69, 9.17) is 16.9 Å². The lowest BCUT2D eigenvalue weighted by molar-refractivity contribution is -0.118. The maximum atomic E-state index is 10.1. The number of hydrogen-bond acceptors (Lipinski definition) is 2. The molecule has 0 aliphatic carbocycles. The summed E-state index contributed by atoms with van der Waals surface area (Å²) in [6.07, 6.45) is 0. The number of nitrogens with two attached hydrogens (primary N) is 2. The second-order valence-electron chi connectivity index (χ2n) is 1.71. The zero-order valence-electron chi connectivity index (χ0n) is 5.22. The lowest BCUT2D eigenvalue weighted by atomic mass is 10.5. The van der Waals surface area contributed by atoms with Gasteiger partial charge >= 0.3 is 0 Å². The number of carbonyl (C=O) groups excluding carboxylic acids is 1. The molecule has 0 saturated heterocycles. The topological polar surface area (TPSA) is 96.2 Å². The lowest BCUT2D eigenvalue weighted by Gasteiger charge is -2.12. The summed E-state index contributed by atoms with van der Waals surface area (Å²) >= 11 is 0. The van der Waals surface area contributed by atoms with E-state index in [9.17, 15) is 4.79 Å². The highest BCUT2D eigenvalue weighted by atomic mass is 16.1. The Balaban J connectivity index is 3.63. The summed E-state index contributed by atoms with van der Waals surface area (Å²) < 4.78 is 0. The molecule has 9 heavy (non-hydrogen) atoms. The second-order valence-corrected chi connectivity index (χ2v) is 1.71. The van der Waals surface area contributed by atoms with Gasteiger partial charge < -0.3 is 16.4 Å². The van der Waals surface area contributed by atoms with Crippen molar-refractivity contribution in [3.63, 3.8) is 0 Å². The van der Waals surface area contributed by atoms with Crippen LogP contribution in [0.3, 0.4) is 0 Å². The molecule has 0 unspecified atom stereocenters. The first-order chi connectivity index (χ1) is 4.04. The summed E-state index contributed by atoms with van der Waals surface area (Å²) in [5.74, 6) is -0.651. The maximum Gasteiger partial charge on any atom is 0.237 e. The Hall–Kier alpha value is -1.26. The van der Waals surface area contributed by atoms with Gasteiger partial charge in [-0.2, -0.15) is 0 Å². The van der Waals surface area contributed by atoms with Crippen LogP contribution < -0.4 is 11.5 Å². The number of nitrogens with one attached hydrogen (secondary N) is 1. The minimum absolute atomic E-state index is 0.00463. The van der Waals surface area contributed by atoms with E-state index >= 15 is 0 Å². The zero-order chi connectivity index (χ0) is 7.44. The number of hydrogen-bond donors (Lipinski definition) is 3. The van der Waals surface area contributed by atoms with Crippen molar-refractivity contribution in [1.82, 2.24) is 4.90 Å². The van der Waals surface area contributed by atoms with Crippen LogP contribution in [-0.4, -0.2) is 30.4 Å². The van der Waals surface area contributed by atoms with Crippen LogP contribution in [0.5, 0.6) is 0 Å². The molecule has 52 valence electrons. The Bertz CT molecular complexity index is 133. The summed E-state index contributed by atoms with van der Waals surface area (Å²) in [6.45, 7) is -0.00463. The SMILES string of the molecule is CN(CC(N)=O)C(=N)N. The molecule has 0 aliphatic rings. The van der Waals surface area contributed by atoms with Crippen LogP contribution in [0.1, 0.15) is 0 Å². The van der Waals surface area contributed by atoms with Crippen molar-refractivity contribution < 1.29 is 4.79 Å². The normalized spacial score (nSPS) is 8.56. The smallest absolute Gasteiger partial charge is 0.237 e. The molecule has 0 aromatic rings. The molecule has 5 nitrogen and oxygen atoms in total. The van der Waals surface area contributed by atoms with Gasteiger partial charge in [-0.15, -0.1) is 0 Å². The van der Waals surface area contributed by atoms with Gasteiger partial charge in [0.25, 0.3) is 0 Å². The van der Waals surface area contributed by atoms with E-state index < -0.39 is 5.91 Å². The molecular weight excluding hydrogens is 120 g/mol. The van der Waals surface area contributed by atoms with E-state index in [-0.39, 0.29) is 12.5 Å². The van der Waals surface area contributed by atoms with Gasteiger partial charge in [0.1, 0.15) is 0 Å². The number of amides is 1. The van der Waals surface area contributed by atoms with E-state index in [1.54, 1.807) is 0 Å². The number of likely N-dealkylation sites (N-methyl/N-ethyl adjacent to an activating group) is 1. The highest BCUT2D eigenvalue weighted by molar-refractivity contribution is 5.82. The first kappa shape index (κ1) is 7.74. The van der Waals surface area contributed by atoms with Gasteiger partial charge in [-0.05, 0) is 0 Å². The molecule has 5 heteroatoms. The molecule has 0 rings (SSSR count). The van der Waals surface area contributed by atoms with E-state index in [2.05, 4.69) is 0 Å². The summed E-state index contributed by atoms with van der Waals surface area (Å²) in [4.78, 5) is 11.4. The number of nitrogens with zero attached hydrogens (tertiary/aromatic N) is 1. The molecule has 0 aromatic carbocycles. The fourth-order valence-electron chi connectivity index (χ4n) is 0.319. The van der Waals surface area contributed by atoms with Crippen LogP contribution in [0.4, 0.5) is 0 Å². The van der Waals surface area contributed by atoms with Crippen LogP contribution in [0.2, 0.25) is 0 Å². The molecule has 0 aromatic heterocycles. The number of primary amides is 1. The Morgan fingerprint density at radius 1 is 1.67 bits per heavy atom. The standard InChI is InChI=1S/C4H10N4O/c1-8(4(6)7)2-3(5)9/h2H2,1H3,(H2,5,9)(H3,6,7). The molecule has 1 amide bonds. The summed E-state index contributed by atoms with van der Waals surface area (Å²) in [5.41, 5.74) is 9.78. The van der Waals surface area contributed by atoms with E-state index in [1.807, 2.05) is 0 Å². The Morgan fingerprint density at radius 3 is 2.22 bits per heavy atom. The summed E-state index contributed by atoms with van der Waals surface area (Å²) in [6, 6.07) is 0. The van der Waals surface area contributed by atoms with Gasteiger partial charge in [-0.25, -0.2) is 0 Å². The number of carbonyl (C=O) groups is 1. The predicted molar refractivity (Wildman–Crippen MR) is 33.7 cm³/mol. The van der Waals surface area contributed by atoms with Gasteiger partial charge in [0.2, 0.25) is 5.91 Å². The van der Waals surface area contributed by atoms with Crippen molar-refractivity contribution in [3.05, 3.63) is 0 Å². The number of guanidine groups is 1. The van der Waals surface area contributed by atoms with Crippen LogP contribution >= 0.6 is 0 Å². The molecule has 0 fully saturated rings. The first-order valence-electron chi connectivity index (χ1n) is 2.37. The van der Waals surface area contributed by atoms with Crippen LogP contribution in [0.15, 0.2) is 0 Å². The molecule has 0 spiro atoms. The monoisotopic (exact) mass is 130 g/mol. The minimum Gasteiger partial charge on any atom is -0.370 e. The van der Waals surface area contributed by atoms with Gasteiger partial charge in [0.05, 0.1) is 6.54 Å². The minimum atomic E-state index is -0.493. The molecule has 0 saturated carbocycles. The summed E-state index contributed by atoms with van der Waals surface area (Å²) in [7, 11) is 1.52. The van der Waals surface area contributed by atoms with Crippen molar-refractivity contribution in [2.45, 2.75) is 0 Å². The third-order valence-electron chi connectivity index (χ3n) is 0.804. The molecule has 0 heterocycles. The van der Waals surface area contributed by atoms with E-state index in [0.717, 1.165) is 0 Å². The van der Waals surface area contributed by atoms with E-state index in [0.29, 0.717) is 0 Å². The van der Waals surface area contributed by atoms with Gasteiger partial charge in [-0.1, -0.05) is 0 Å². The van der Waals surface area contributed by atoms with Crippen molar-refractivity contribution >= 4 is 11.9 Å². The summed E-state index contributed by atoms with van der Waals surface area (Å²) in [5, 5.41) is 6.79. The molecule has 0 atom stereocenters. The van der Waals surface area contributed by atoms with Gasteiger partial charge in [0, 0.05) is 7.05 Å². The average molecular weight is 130 g/mol.